The number of carbonyl (C=O) groups excluding carboxylic acids is 1. The van der Waals surface area contributed by atoms with Gasteiger partial charge in [0.2, 0.25) is 0 Å². The fourth-order valence-corrected chi connectivity index (χ4v) is 1.45. The number of aromatic carboxylic acids is 1. The third-order valence-electron chi connectivity index (χ3n) is 2.13. The summed E-state index contributed by atoms with van der Waals surface area (Å²) >= 11 is 0. The largest absolute Gasteiger partial charge is 0.509 e. The molecule has 78 valence electrons. The van der Waals surface area contributed by atoms with Crippen LogP contribution in [0.25, 0.3) is 0 Å². The van der Waals surface area contributed by atoms with Crippen molar-refractivity contribution in [2.75, 3.05) is 6.61 Å². The molecule has 1 aliphatic rings. The average molecular weight is 208 g/mol. The second kappa shape index (κ2) is 3.61. The molecule has 0 saturated carbocycles. The minimum atomic E-state index is -1.05. The maximum atomic E-state index is 10.9. The molecule has 0 spiro atoms. The first-order valence-corrected chi connectivity index (χ1v) is 4.34. The van der Waals surface area contributed by atoms with Gasteiger partial charge in [-0.05, 0) is 6.07 Å². The van der Waals surface area contributed by atoms with Crippen LogP contribution in [0.2, 0.25) is 0 Å². The van der Waals surface area contributed by atoms with Gasteiger partial charge in [-0.1, -0.05) is 18.2 Å². The Morgan fingerprint density at radius 2 is 2.13 bits per heavy atom. The van der Waals surface area contributed by atoms with Gasteiger partial charge in [-0.15, -0.1) is 0 Å². The molecule has 1 saturated heterocycles. The topological polar surface area (TPSA) is 72.8 Å². The predicted octanol–water partition coefficient (Wildman–Crippen LogP) is 1.59. The first kappa shape index (κ1) is 9.51. The van der Waals surface area contributed by atoms with Gasteiger partial charge < -0.3 is 14.6 Å². The van der Waals surface area contributed by atoms with Gasteiger partial charge in [0.25, 0.3) is 0 Å². The lowest BCUT2D eigenvalue weighted by Crippen LogP contribution is -2.08. The van der Waals surface area contributed by atoms with E-state index < -0.39 is 18.2 Å². The first-order chi connectivity index (χ1) is 7.18. The Hall–Kier alpha value is -2.04. The van der Waals surface area contributed by atoms with E-state index in [1.807, 2.05) is 0 Å². The van der Waals surface area contributed by atoms with Crippen molar-refractivity contribution in [3.8, 4) is 0 Å². The molecule has 1 aromatic carbocycles. The Balaban J connectivity index is 2.35. The highest BCUT2D eigenvalue weighted by Crippen LogP contribution is 2.26. The Bertz CT molecular complexity index is 412. The van der Waals surface area contributed by atoms with Gasteiger partial charge in [0, 0.05) is 5.56 Å². The molecule has 0 unspecified atom stereocenters. The second-order valence-corrected chi connectivity index (χ2v) is 3.06. The molecule has 2 rings (SSSR count). The highest BCUT2D eigenvalue weighted by molar-refractivity contribution is 5.89. The Kier molecular flexibility index (Phi) is 2.29. The Labute approximate surface area is 85.2 Å². The predicted molar refractivity (Wildman–Crippen MR) is 48.6 cm³/mol. The number of hydrogen-bond donors (Lipinski definition) is 1. The molecule has 0 amide bonds. The zero-order valence-corrected chi connectivity index (χ0v) is 7.67. The average Bonchev–Trinajstić information content (AvgIpc) is 2.65. The fourth-order valence-electron chi connectivity index (χ4n) is 1.45. The molecule has 0 aromatic heterocycles. The van der Waals surface area contributed by atoms with Crippen LogP contribution in [0.5, 0.6) is 0 Å². The van der Waals surface area contributed by atoms with Crippen LogP contribution < -0.4 is 0 Å². The van der Waals surface area contributed by atoms with E-state index in [0.29, 0.717) is 5.56 Å². The monoisotopic (exact) mass is 208 g/mol. The molecule has 1 fully saturated rings. The van der Waals surface area contributed by atoms with Crippen LogP contribution in [0.1, 0.15) is 22.0 Å². The quantitative estimate of drug-likeness (QED) is 0.747. The fraction of sp³-hybridized carbons (Fsp3) is 0.200. The van der Waals surface area contributed by atoms with Crippen LogP contribution in [0.3, 0.4) is 0 Å². The highest BCUT2D eigenvalue weighted by atomic mass is 16.8. The Morgan fingerprint density at radius 3 is 2.73 bits per heavy atom. The van der Waals surface area contributed by atoms with E-state index in [2.05, 4.69) is 4.74 Å². The summed E-state index contributed by atoms with van der Waals surface area (Å²) in [5.74, 6) is -1.05. The van der Waals surface area contributed by atoms with E-state index in [0.717, 1.165) is 0 Å². The number of hydrogen-bond acceptors (Lipinski definition) is 4. The molecular formula is C10H8O5. The van der Waals surface area contributed by atoms with E-state index in [4.69, 9.17) is 9.84 Å². The number of carbonyl (C=O) groups is 2. The molecule has 0 bridgehead atoms. The van der Waals surface area contributed by atoms with Crippen molar-refractivity contribution in [3.05, 3.63) is 35.4 Å². The maximum Gasteiger partial charge on any atom is 0.509 e. The van der Waals surface area contributed by atoms with Gasteiger partial charge >= 0.3 is 12.1 Å². The van der Waals surface area contributed by atoms with Crippen molar-refractivity contribution in [2.45, 2.75) is 6.10 Å². The van der Waals surface area contributed by atoms with Gasteiger partial charge in [0.05, 0.1) is 5.56 Å². The lowest BCUT2D eigenvalue weighted by molar-refractivity contribution is 0.0689. The summed E-state index contributed by atoms with van der Waals surface area (Å²) in [5, 5.41) is 8.91. The van der Waals surface area contributed by atoms with Crippen molar-refractivity contribution >= 4 is 12.1 Å². The number of carboxylic acid groups (broad SMARTS) is 1. The van der Waals surface area contributed by atoms with Crippen molar-refractivity contribution in [2.24, 2.45) is 0 Å². The van der Waals surface area contributed by atoms with Crippen LogP contribution in [-0.2, 0) is 9.47 Å². The molecule has 1 heterocycles. The molecule has 1 aromatic rings. The Morgan fingerprint density at radius 1 is 1.40 bits per heavy atom. The van der Waals surface area contributed by atoms with E-state index in [1.54, 1.807) is 18.2 Å². The van der Waals surface area contributed by atoms with Crippen molar-refractivity contribution < 1.29 is 24.2 Å². The maximum absolute atomic E-state index is 10.9. The van der Waals surface area contributed by atoms with E-state index >= 15 is 0 Å². The second-order valence-electron chi connectivity index (χ2n) is 3.06. The molecule has 1 N–H and O–H groups in total. The van der Waals surface area contributed by atoms with Crippen molar-refractivity contribution in [1.82, 2.24) is 0 Å². The molecule has 1 aliphatic heterocycles. The number of carboxylic acids is 1. The summed E-state index contributed by atoms with van der Waals surface area (Å²) in [4.78, 5) is 21.6. The van der Waals surface area contributed by atoms with Gasteiger partial charge in [0.1, 0.15) is 6.61 Å². The summed E-state index contributed by atoms with van der Waals surface area (Å²) in [6, 6.07) is 6.37. The minimum absolute atomic E-state index is 0.0587. The van der Waals surface area contributed by atoms with Crippen LogP contribution >= 0.6 is 0 Å². The van der Waals surface area contributed by atoms with Crippen LogP contribution in [0, 0.1) is 0 Å². The lowest BCUT2D eigenvalue weighted by Gasteiger charge is -2.09. The zero-order chi connectivity index (χ0) is 10.8. The van der Waals surface area contributed by atoms with Gasteiger partial charge in [-0.2, -0.15) is 0 Å². The smallest absolute Gasteiger partial charge is 0.478 e. The SMILES string of the molecule is O=C1OC[C@H](c2ccccc2C(=O)O)O1. The standard InChI is InChI=1S/C10H8O5/c11-9(12)7-4-2-1-3-6(7)8-5-14-10(13)15-8/h1-4,8H,5H2,(H,11,12)/t8-/m1/s1. The van der Waals surface area contributed by atoms with Crippen molar-refractivity contribution in [3.63, 3.8) is 0 Å². The van der Waals surface area contributed by atoms with E-state index in [-0.39, 0.29) is 12.2 Å². The van der Waals surface area contributed by atoms with Crippen LogP contribution in [0.15, 0.2) is 24.3 Å². The highest BCUT2D eigenvalue weighted by Gasteiger charge is 2.29. The van der Waals surface area contributed by atoms with Gasteiger partial charge in [-0.25, -0.2) is 9.59 Å². The van der Waals surface area contributed by atoms with Gasteiger partial charge in [0.15, 0.2) is 6.10 Å². The summed E-state index contributed by atoms with van der Waals surface area (Å²) in [7, 11) is 0. The van der Waals surface area contributed by atoms with E-state index in [1.165, 1.54) is 6.07 Å². The number of rotatable bonds is 2. The third-order valence-corrected chi connectivity index (χ3v) is 2.13. The van der Waals surface area contributed by atoms with Crippen molar-refractivity contribution in [1.29, 1.82) is 0 Å². The summed E-state index contributed by atoms with van der Waals surface area (Å²) in [5.41, 5.74) is 0.580. The first-order valence-electron chi connectivity index (χ1n) is 4.34. The third kappa shape index (κ3) is 1.76. The minimum Gasteiger partial charge on any atom is -0.478 e. The van der Waals surface area contributed by atoms with Crippen LogP contribution in [-0.4, -0.2) is 23.8 Å². The molecule has 5 nitrogen and oxygen atoms in total. The normalized spacial score (nSPS) is 19.5. The summed E-state index contributed by atoms with van der Waals surface area (Å²) < 4.78 is 9.41. The van der Waals surface area contributed by atoms with E-state index in [9.17, 15) is 9.59 Å². The molecule has 5 heteroatoms. The number of cyclic esters (lactones) is 2. The number of benzene rings is 1. The summed E-state index contributed by atoms with van der Waals surface area (Å²) in [6.07, 6.45) is -1.38. The van der Waals surface area contributed by atoms with Gasteiger partial charge in [-0.3, -0.25) is 0 Å². The lowest BCUT2D eigenvalue weighted by atomic mass is 10.0. The summed E-state index contributed by atoms with van der Waals surface area (Å²) in [6.45, 7) is 0.0587. The molecular weight excluding hydrogens is 200 g/mol. The number of ether oxygens (including phenoxy) is 2. The molecule has 15 heavy (non-hydrogen) atoms. The molecule has 0 radical (unpaired) electrons. The zero-order valence-electron chi connectivity index (χ0n) is 7.67. The van der Waals surface area contributed by atoms with Crippen LogP contribution in [0.4, 0.5) is 4.79 Å². The molecule has 1 atom stereocenters. The molecule has 0 aliphatic carbocycles.